The topological polar surface area (TPSA) is 44.0 Å². The van der Waals surface area contributed by atoms with E-state index < -0.39 is 22.9 Å². The first-order chi connectivity index (χ1) is 10.3. The van der Waals surface area contributed by atoms with E-state index in [4.69, 9.17) is 5.26 Å². The molecule has 118 valence electrons. The summed E-state index contributed by atoms with van der Waals surface area (Å²) < 4.78 is 39.3. The van der Waals surface area contributed by atoms with Gasteiger partial charge >= 0.3 is 6.18 Å². The Balaban J connectivity index is 1.99. The quantitative estimate of drug-likeness (QED) is 0.840. The number of rotatable bonds is 1. The molecule has 2 bridgehead atoms. The Hall–Kier alpha value is -1.19. The summed E-state index contributed by atoms with van der Waals surface area (Å²) in [4.78, 5) is 0. The number of benzene rings is 1. The van der Waals surface area contributed by atoms with E-state index in [1.807, 2.05) is 11.8 Å². The van der Waals surface area contributed by atoms with Crippen molar-refractivity contribution in [1.29, 1.82) is 5.26 Å². The van der Waals surface area contributed by atoms with Crippen molar-refractivity contribution in [3.63, 3.8) is 0 Å². The fourth-order valence-electron chi connectivity index (χ4n) is 3.52. The van der Waals surface area contributed by atoms with Crippen LogP contribution >= 0.6 is 11.8 Å². The Morgan fingerprint density at radius 2 is 1.86 bits per heavy atom. The SMILES string of the molecule is N#Cc1ccc(C2(O)CC3CCCC(C2)S3)cc1C(F)(F)F. The predicted molar refractivity (Wildman–Crippen MR) is 78.3 cm³/mol. The summed E-state index contributed by atoms with van der Waals surface area (Å²) in [7, 11) is 0. The summed E-state index contributed by atoms with van der Waals surface area (Å²) in [5.74, 6) is 0. The number of nitrogens with zero attached hydrogens (tertiary/aromatic N) is 1. The molecular weight excluding hydrogens is 311 g/mol. The fraction of sp³-hybridized carbons (Fsp3) is 0.562. The zero-order chi connectivity index (χ0) is 16.0. The van der Waals surface area contributed by atoms with Gasteiger partial charge in [0.1, 0.15) is 0 Å². The number of hydrogen-bond donors (Lipinski definition) is 1. The van der Waals surface area contributed by atoms with Crippen LogP contribution in [-0.4, -0.2) is 15.6 Å². The highest BCUT2D eigenvalue weighted by atomic mass is 32.2. The lowest BCUT2D eigenvalue weighted by atomic mass is 9.79. The lowest BCUT2D eigenvalue weighted by Gasteiger charge is -2.44. The van der Waals surface area contributed by atoms with E-state index >= 15 is 0 Å². The van der Waals surface area contributed by atoms with Crippen LogP contribution in [0.25, 0.3) is 0 Å². The molecule has 0 aromatic heterocycles. The summed E-state index contributed by atoms with van der Waals surface area (Å²) in [5, 5.41) is 20.4. The van der Waals surface area contributed by atoms with Crippen molar-refractivity contribution in [3.05, 3.63) is 34.9 Å². The monoisotopic (exact) mass is 327 g/mol. The van der Waals surface area contributed by atoms with Gasteiger partial charge in [-0.3, -0.25) is 0 Å². The van der Waals surface area contributed by atoms with Crippen molar-refractivity contribution in [2.75, 3.05) is 0 Å². The van der Waals surface area contributed by atoms with Gasteiger partial charge in [-0.25, -0.2) is 0 Å². The number of aliphatic hydroxyl groups is 1. The Kier molecular flexibility index (Phi) is 3.90. The van der Waals surface area contributed by atoms with Crippen LogP contribution in [0.1, 0.15) is 48.8 Å². The minimum absolute atomic E-state index is 0.288. The summed E-state index contributed by atoms with van der Waals surface area (Å²) in [5.41, 5.74) is -2.28. The van der Waals surface area contributed by atoms with Gasteiger partial charge in [-0.1, -0.05) is 12.5 Å². The molecule has 1 aromatic rings. The molecule has 6 heteroatoms. The van der Waals surface area contributed by atoms with Crippen LogP contribution in [-0.2, 0) is 11.8 Å². The molecule has 2 unspecified atom stereocenters. The van der Waals surface area contributed by atoms with Crippen molar-refractivity contribution in [1.82, 2.24) is 0 Å². The van der Waals surface area contributed by atoms with Crippen LogP contribution in [0.4, 0.5) is 13.2 Å². The zero-order valence-electron chi connectivity index (χ0n) is 11.9. The molecule has 3 rings (SSSR count). The summed E-state index contributed by atoms with van der Waals surface area (Å²) in [6.07, 6.45) is -0.483. The van der Waals surface area contributed by atoms with Crippen LogP contribution in [0.3, 0.4) is 0 Å². The third-order valence-electron chi connectivity index (χ3n) is 4.55. The fourth-order valence-corrected chi connectivity index (χ4v) is 5.41. The second-order valence-electron chi connectivity index (χ2n) is 6.12. The van der Waals surface area contributed by atoms with Crippen molar-refractivity contribution in [3.8, 4) is 6.07 Å². The van der Waals surface area contributed by atoms with Crippen molar-refractivity contribution >= 4 is 11.8 Å². The van der Waals surface area contributed by atoms with Crippen LogP contribution in [0, 0.1) is 11.3 Å². The first kappa shape index (κ1) is 15.7. The first-order valence-electron chi connectivity index (χ1n) is 7.31. The van der Waals surface area contributed by atoms with Gasteiger partial charge in [0.15, 0.2) is 0 Å². The van der Waals surface area contributed by atoms with Crippen LogP contribution in [0.5, 0.6) is 0 Å². The normalized spacial score (nSPS) is 31.6. The van der Waals surface area contributed by atoms with E-state index in [0.717, 1.165) is 25.3 Å². The van der Waals surface area contributed by atoms with E-state index in [2.05, 4.69) is 0 Å². The molecule has 2 aliphatic rings. The second kappa shape index (κ2) is 5.47. The highest BCUT2D eigenvalue weighted by molar-refractivity contribution is 8.00. The second-order valence-corrected chi connectivity index (χ2v) is 7.73. The Labute approximate surface area is 131 Å². The van der Waals surface area contributed by atoms with E-state index in [0.29, 0.717) is 23.3 Å². The van der Waals surface area contributed by atoms with E-state index in [9.17, 15) is 18.3 Å². The average molecular weight is 327 g/mol. The smallest absolute Gasteiger partial charge is 0.385 e. The molecule has 2 atom stereocenters. The third kappa shape index (κ3) is 2.84. The summed E-state index contributed by atoms with van der Waals surface area (Å²) in [6.45, 7) is 0. The lowest BCUT2D eigenvalue weighted by Crippen LogP contribution is -2.40. The average Bonchev–Trinajstić information content (AvgIpc) is 2.45. The maximum Gasteiger partial charge on any atom is 0.417 e. The third-order valence-corrected chi connectivity index (χ3v) is 6.13. The standard InChI is InChI=1S/C16H16F3NOS/c17-16(18,19)14-6-11(5-4-10(14)9-20)15(21)7-12-2-1-3-13(8-15)22-12/h4-6,12-13,21H,1-3,7-8H2. The molecule has 0 spiro atoms. The molecule has 2 nitrogen and oxygen atoms in total. The minimum atomic E-state index is -4.59. The molecule has 2 saturated heterocycles. The van der Waals surface area contributed by atoms with Crippen LogP contribution in [0.2, 0.25) is 0 Å². The van der Waals surface area contributed by atoms with Crippen molar-refractivity contribution < 1.29 is 18.3 Å². The summed E-state index contributed by atoms with van der Waals surface area (Å²) >= 11 is 1.85. The van der Waals surface area contributed by atoms with Gasteiger partial charge in [-0.2, -0.15) is 30.2 Å². The van der Waals surface area contributed by atoms with E-state index in [1.54, 1.807) is 6.07 Å². The van der Waals surface area contributed by atoms with E-state index in [-0.39, 0.29) is 5.56 Å². The maximum absolute atomic E-state index is 13.1. The predicted octanol–water partition coefficient (Wildman–Crippen LogP) is 4.21. The first-order valence-corrected chi connectivity index (χ1v) is 8.26. The Bertz CT molecular complexity index is 611. The number of halogens is 3. The van der Waals surface area contributed by atoms with Gasteiger partial charge in [0, 0.05) is 10.5 Å². The number of nitriles is 1. The lowest BCUT2D eigenvalue weighted by molar-refractivity contribution is -0.138. The van der Waals surface area contributed by atoms with Gasteiger partial charge in [0.05, 0.1) is 22.8 Å². The molecule has 1 N–H and O–H groups in total. The molecule has 1 aromatic carbocycles. The highest BCUT2D eigenvalue weighted by Gasteiger charge is 2.44. The molecule has 0 amide bonds. The number of hydrogen-bond acceptors (Lipinski definition) is 3. The molecular formula is C16H16F3NOS. The van der Waals surface area contributed by atoms with Gasteiger partial charge in [0.2, 0.25) is 0 Å². The van der Waals surface area contributed by atoms with Crippen molar-refractivity contribution in [2.24, 2.45) is 0 Å². The number of thioether (sulfide) groups is 1. The van der Waals surface area contributed by atoms with Gasteiger partial charge in [0.25, 0.3) is 0 Å². The largest absolute Gasteiger partial charge is 0.417 e. The molecule has 2 aliphatic heterocycles. The Morgan fingerprint density at radius 3 is 2.41 bits per heavy atom. The van der Waals surface area contributed by atoms with E-state index in [1.165, 1.54) is 12.1 Å². The molecule has 0 saturated carbocycles. The molecule has 2 fully saturated rings. The van der Waals surface area contributed by atoms with Crippen LogP contribution in [0.15, 0.2) is 18.2 Å². The molecule has 2 heterocycles. The zero-order valence-corrected chi connectivity index (χ0v) is 12.7. The van der Waals surface area contributed by atoms with Gasteiger partial charge < -0.3 is 5.11 Å². The van der Waals surface area contributed by atoms with Crippen LogP contribution < -0.4 is 0 Å². The Morgan fingerprint density at radius 1 is 1.23 bits per heavy atom. The molecule has 0 aliphatic carbocycles. The maximum atomic E-state index is 13.1. The van der Waals surface area contributed by atoms with Gasteiger partial charge in [-0.15, -0.1) is 0 Å². The summed E-state index contributed by atoms with van der Waals surface area (Å²) in [6, 6.07) is 5.19. The van der Waals surface area contributed by atoms with Gasteiger partial charge in [-0.05, 0) is 43.4 Å². The molecule has 22 heavy (non-hydrogen) atoms. The number of fused-ring (bicyclic) bond motifs is 2. The highest BCUT2D eigenvalue weighted by Crippen LogP contribution is 2.50. The number of alkyl halides is 3. The molecule has 0 radical (unpaired) electrons. The minimum Gasteiger partial charge on any atom is -0.385 e. The van der Waals surface area contributed by atoms with Crippen molar-refractivity contribution in [2.45, 2.75) is 54.4 Å².